The summed E-state index contributed by atoms with van der Waals surface area (Å²) in [7, 11) is 0. The molecule has 100 heavy (non-hydrogen) atoms. The van der Waals surface area contributed by atoms with Crippen LogP contribution in [0.15, 0.2) is 261 Å². The first-order valence-electron chi connectivity index (χ1n) is 32.0. The highest BCUT2D eigenvalue weighted by Crippen LogP contribution is 2.32. The predicted octanol–water partition coefficient (Wildman–Crippen LogP) is 22.1. The Morgan fingerprint density at radius 2 is 0.760 bits per heavy atom. The number of halogens is 2. The van der Waals surface area contributed by atoms with E-state index in [1.807, 2.05) is 239 Å². The molecule has 0 saturated carbocycles. The second kappa shape index (κ2) is 32.8. The number of thiophene rings is 4. The van der Waals surface area contributed by atoms with Gasteiger partial charge in [-0.25, -0.2) is 0 Å². The second-order valence-electron chi connectivity index (χ2n) is 23.6. The van der Waals surface area contributed by atoms with Gasteiger partial charge < -0.3 is 4.42 Å². The Morgan fingerprint density at radius 1 is 0.360 bits per heavy atom. The van der Waals surface area contributed by atoms with E-state index in [2.05, 4.69) is 56.8 Å². The van der Waals surface area contributed by atoms with Crippen LogP contribution in [0.4, 0.5) is 0 Å². The van der Waals surface area contributed by atoms with Crippen molar-refractivity contribution < 1.29 is 28.4 Å². The Kier molecular flexibility index (Phi) is 22.9. The highest BCUT2D eigenvalue weighted by Gasteiger charge is 2.19. The number of Topliss-reactive ketones (excluding diaryl/α,β-unsaturated/α-hetero) is 5. The molecule has 0 amide bonds. The highest BCUT2D eigenvalue weighted by molar-refractivity contribution is 9.11. The first-order valence-corrected chi connectivity index (χ1v) is 36.9. The van der Waals surface area contributed by atoms with Crippen molar-refractivity contribution in [2.45, 2.75) is 59.8 Å². The number of ketones is 5. The average molecular weight is 1510 g/mol. The van der Waals surface area contributed by atoms with Gasteiger partial charge in [0, 0.05) is 110 Å². The van der Waals surface area contributed by atoms with Gasteiger partial charge in [0.2, 0.25) is 5.78 Å². The van der Waals surface area contributed by atoms with Crippen LogP contribution in [0, 0.1) is 27.7 Å². The molecule has 0 aliphatic carbocycles. The van der Waals surface area contributed by atoms with Crippen molar-refractivity contribution in [2.75, 3.05) is 0 Å². The molecule has 0 radical (unpaired) electrons. The number of furan rings is 1. The molecule has 0 fully saturated rings. The maximum absolute atomic E-state index is 12.5. The molecule has 16 aromatic rings. The molecule has 494 valence electrons. The molecule has 0 aliphatic rings. The minimum atomic E-state index is -0.0330. The van der Waals surface area contributed by atoms with Gasteiger partial charge in [-0.15, -0.1) is 45.3 Å². The SMILES string of the molecule is Cc1cc(Br)c(C(=O)Cc2cccc3cccnc23)s1.Cc1cc(C(=O)Cc2cccc3cccnc23)sc1Br.Cc1ccc(C(=O)Cc2cccc3cccnc23)s1.Cc1csc(C(=O)Cc2cccc3cccnc23)c1.O=C(Cc1cccc2cccnc12)c1cc2ccccc2o1. The maximum atomic E-state index is 12.5. The van der Waals surface area contributed by atoms with Gasteiger partial charge in [-0.05, 0) is 177 Å². The summed E-state index contributed by atoms with van der Waals surface area (Å²) < 4.78 is 7.56. The standard InChI is InChI=1S/C19H13NO2.2C16H12BrNOS.2C16H13NOS/c21-16(18-12-14-5-1-2-9-17(14)22-18)11-15-7-3-6-13-8-4-10-20-19(13)15;1-10-8-14(20-16(10)17)13(19)9-12-5-2-4-11-6-3-7-18-15(11)12;1-10-8-13(17)16(20-10)14(19)9-12-5-2-4-11-6-3-7-18-15(11)12;1-11-7-8-15(19-11)14(18)10-13-5-2-4-12-6-3-9-17-16(12)13;1-11-8-15(19-10-11)14(18)9-13-5-2-4-12-6-3-7-17-16(12)13/h1-10,12H,11H2;2*2-8H,9H2,1H3;2-9H,10H2,1H3;2-8,10H,9H2,1H3. The topological polar surface area (TPSA) is 163 Å². The van der Waals surface area contributed by atoms with Crippen LogP contribution in [0.3, 0.4) is 0 Å². The van der Waals surface area contributed by atoms with Gasteiger partial charge in [0.15, 0.2) is 28.9 Å². The molecule has 0 saturated heterocycles. The molecule has 10 aromatic heterocycles. The van der Waals surface area contributed by atoms with Crippen LogP contribution in [0.2, 0.25) is 0 Å². The Bertz CT molecular complexity index is 5460. The van der Waals surface area contributed by atoms with Gasteiger partial charge in [-0.3, -0.25) is 48.9 Å². The number of aromatic nitrogens is 5. The molecule has 17 heteroatoms. The monoisotopic (exact) mass is 1510 g/mol. The molecule has 0 N–H and O–H groups in total. The number of hydrogen-bond donors (Lipinski definition) is 0. The number of para-hydroxylation sites is 6. The molecule has 0 bridgehead atoms. The molecule has 16 rings (SSSR count). The van der Waals surface area contributed by atoms with Crippen molar-refractivity contribution in [3.8, 4) is 0 Å². The van der Waals surface area contributed by atoms with Gasteiger partial charge >= 0.3 is 0 Å². The van der Waals surface area contributed by atoms with Gasteiger partial charge in [0.05, 0.1) is 50.9 Å². The van der Waals surface area contributed by atoms with Gasteiger partial charge in [-0.2, -0.15) is 0 Å². The van der Waals surface area contributed by atoms with E-state index in [-0.39, 0.29) is 35.3 Å². The summed E-state index contributed by atoms with van der Waals surface area (Å²) in [4.78, 5) is 89.3. The smallest absolute Gasteiger partial charge is 0.202 e. The summed E-state index contributed by atoms with van der Waals surface area (Å²) >= 11 is 13.0. The summed E-state index contributed by atoms with van der Waals surface area (Å²) in [6, 6.07) is 68.6. The average Bonchev–Trinajstić information content (AvgIpc) is 0.929. The van der Waals surface area contributed by atoms with Crippen molar-refractivity contribution in [3.05, 3.63) is 331 Å². The minimum absolute atomic E-state index is 0.0330. The van der Waals surface area contributed by atoms with Crippen molar-refractivity contribution in [1.82, 2.24) is 24.9 Å². The number of carbonyl (C=O) groups excluding carboxylic acids is 5. The van der Waals surface area contributed by atoms with E-state index in [4.69, 9.17) is 4.42 Å². The van der Waals surface area contributed by atoms with Crippen molar-refractivity contribution >= 4 is 172 Å². The molecular formula is C83H63Br2N5O6S4. The van der Waals surface area contributed by atoms with Crippen molar-refractivity contribution in [2.24, 2.45) is 0 Å². The number of fused-ring (bicyclic) bond motifs is 6. The molecule has 10 heterocycles. The summed E-state index contributed by atoms with van der Waals surface area (Å²) in [6.45, 7) is 8.02. The van der Waals surface area contributed by atoms with Crippen LogP contribution in [-0.2, 0) is 32.1 Å². The maximum Gasteiger partial charge on any atom is 0.202 e. The Balaban J connectivity index is 0.000000119. The first kappa shape index (κ1) is 69.9. The third-order valence-corrected chi connectivity index (χ3v) is 22.5. The molecule has 11 nitrogen and oxygen atoms in total. The number of rotatable bonds is 15. The van der Waals surface area contributed by atoms with Crippen LogP contribution < -0.4 is 0 Å². The quantitative estimate of drug-likeness (QED) is 0.0898. The van der Waals surface area contributed by atoms with Gasteiger partial charge in [-0.1, -0.05) is 140 Å². The van der Waals surface area contributed by atoms with E-state index in [0.29, 0.717) is 31.4 Å². The van der Waals surface area contributed by atoms with E-state index in [0.717, 1.165) is 137 Å². The summed E-state index contributed by atoms with van der Waals surface area (Å²) in [6.07, 6.45) is 10.7. The molecule has 0 unspecified atom stereocenters. The van der Waals surface area contributed by atoms with Crippen LogP contribution in [0.25, 0.3) is 65.5 Å². The first-order chi connectivity index (χ1) is 48.6. The van der Waals surface area contributed by atoms with E-state index >= 15 is 0 Å². The third kappa shape index (κ3) is 17.3. The number of benzene rings is 6. The predicted molar refractivity (Wildman–Crippen MR) is 417 cm³/mol. The number of aryl methyl sites for hydroxylation is 4. The number of nitrogens with zero attached hydrogens (tertiary/aromatic N) is 5. The van der Waals surface area contributed by atoms with Crippen LogP contribution in [0.5, 0.6) is 0 Å². The summed E-state index contributed by atoms with van der Waals surface area (Å²) in [5, 5.41) is 8.29. The summed E-state index contributed by atoms with van der Waals surface area (Å²) in [5.41, 5.74) is 12.4. The van der Waals surface area contributed by atoms with E-state index in [9.17, 15) is 24.0 Å². The Labute approximate surface area is 610 Å². The Morgan fingerprint density at radius 3 is 1.14 bits per heavy atom. The fraction of sp³-hybridized carbons (Fsp3) is 0.108. The van der Waals surface area contributed by atoms with Crippen molar-refractivity contribution in [1.29, 1.82) is 0 Å². The second-order valence-corrected chi connectivity index (χ2v) is 30.3. The molecule has 0 atom stereocenters. The minimum Gasteiger partial charge on any atom is -0.453 e. The number of hydrogen-bond acceptors (Lipinski definition) is 15. The lowest BCUT2D eigenvalue weighted by molar-refractivity contribution is 0.0964. The largest absolute Gasteiger partial charge is 0.453 e. The fourth-order valence-electron chi connectivity index (χ4n) is 11.4. The van der Waals surface area contributed by atoms with Crippen LogP contribution in [0.1, 0.15) is 97.9 Å². The van der Waals surface area contributed by atoms with Gasteiger partial charge in [0.1, 0.15) is 5.58 Å². The zero-order chi connectivity index (χ0) is 69.7. The highest BCUT2D eigenvalue weighted by atomic mass is 79.9. The van der Waals surface area contributed by atoms with Crippen LogP contribution >= 0.6 is 77.2 Å². The molecule has 6 aromatic carbocycles. The van der Waals surface area contributed by atoms with Gasteiger partial charge in [0.25, 0.3) is 0 Å². The fourth-order valence-corrected chi connectivity index (χ4v) is 16.3. The lowest BCUT2D eigenvalue weighted by Crippen LogP contribution is -2.03. The number of pyridine rings is 5. The zero-order valence-corrected chi connectivity index (χ0v) is 61.2. The van der Waals surface area contributed by atoms with Crippen LogP contribution in [-0.4, -0.2) is 53.8 Å². The molecular weight excluding hydrogens is 1450 g/mol. The third-order valence-electron chi connectivity index (χ3n) is 16.3. The lowest BCUT2D eigenvalue weighted by Gasteiger charge is -2.04. The summed E-state index contributed by atoms with van der Waals surface area (Å²) in [5.74, 6) is 0.964. The zero-order valence-electron chi connectivity index (χ0n) is 54.8. The van der Waals surface area contributed by atoms with Crippen molar-refractivity contribution in [3.63, 3.8) is 0 Å². The molecule has 0 aliphatic heterocycles. The molecule has 0 spiro atoms. The normalized spacial score (nSPS) is 10.9. The lowest BCUT2D eigenvalue weighted by atomic mass is 10.0. The number of carbonyl (C=O) groups is 5. The van der Waals surface area contributed by atoms with E-state index in [1.165, 1.54) is 38.9 Å². The van der Waals surface area contributed by atoms with E-state index < -0.39 is 0 Å². The van der Waals surface area contributed by atoms with E-state index in [1.54, 1.807) is 48.4 Å². The Hall–Kier alpha value is -9.98.